The van der Waals surface area contributed by atoms with Gasteiger partial charge in [-0.1, -0.05) is 30.2 Å². The first-order chi connectivity index (χ1) is 9.70. The molecule has 0 aliphatic heterocycles. The molecule has 3 nitrogen and oxygen atoms in total. The fraction of sp³-hybridized carbons (Fsp3) is 0.533. The Labute approximate surface area is 129 Å². The van der Waals surface area contributed by atoms with E-state index >= 15 is 0 Å². The number of aliphatic hydroxyl groups is 1. The largest absolute Gasteiger partial charge is 0.396 e. The zero-order chi connectivity index (χ0) is 14.4. The van der Waals surface area contributed by atoms with Crippen LogP contribution in [0.5, 0.6) is 0 Å². The minimum atomic E-state index is 0.0264. The summed E-state index contributed by atoms with van der Waals surface area (Å²) in [5.41, 5.74) is 0. The van der Waals surface area contributed by atoms with Gasteiger partial charge in [-0.3, -0.25) is 4.79 Å². The third-order valence-electron chi connectivity index (χ3n) is 3.81. The minimum absolute atomic E-state index is 0.0264. The minimum Gasteiger partial charge on any atom is -0.396 e. The summed E-state index contributed by atoms with van der Waals surface area (Å²) in [6.07, 6.45) is 3.33. The number of carbonyl (C=O) groups is 1. The van der Waals surface area contributed by atoms with Gasteiger partial charge in [0.2, 0.25) is 5.91 Å². The van der Waals surface area contributed by atoms with E-state index in [1.165, 1.54) is 11.8 Å². The Hall–Kier alpha value is -0.710. The summed E-state index contributed by atoms with van der Waals surface area (Å²) in [7, 11) is 0. The second-order valence-electron chi connectivity index (χ2n) is 5.16. The number of amides is 1. The number of hydrogen-bond donors (Lipinski definition) is 2. The maximum Gasteiger partial charge on any atom is 0.230 e. The fourth-order valence-electron chi connectivity index (χ4n) is 2.62. The third kappa shape index (κ3) is 4.40. The number of thioether (sulfide) groups is 1. The van der Waals surface area contributed by atoms with Crippen molar-refractivity contribution in [2.45, 2.75) is 24.2 Å². The predicted octanol–water partition coefficient (Wildman–Crippen LogP) is 2.96. The zero-order valence-electron chi connectivity index (χ0n) is 11.3. The molecule has 0 bridgehead atoms. The molecule has 110 valence electrons. The molecule has 0 heterocycles. The van der Waals surface area contributed by atoms with Crippen LogP contribution in [0.2, 0.25) is 5.02 Å². The van der Waals surface area contributed by atoms with Gasteiger partial charge in [-0.15, -0.1) is 11.8 Å². The quantitative estimate of drug-likeness (QED) is 0.794. The molecule has 1 aliphatic rings. The van der Waals surface area contributed by atoms with Gasteiger partial charge < -0.3 is 10.4 Å². The van der Waals surface area contributed by atoms with Crippen LogP contribution in [0.1, 0.15) is 19.3 Å². The van der Waals surface area contributed by atoms with E-state index in [0.717, 1.165) is 24.2 Å². The topological polar surface area (TPSA) is 49.3 Å². The summed E-state index contributed by atoms with van der Waals surface area (Å²) in [5.74, 6) is 1.18. The Morgan fingerprint density at radius 3 is 2.85 bits per heavy atom. The van der Waals surface area contributed by atoms with Gasteiger partial charge in [0.15, 0.2) is 0 Å². The second-order valence-corrected chi connectivity index (χ2v) is 6.58. The molecule has 1 aromatic rings. The summed E-state index contributed by atoms with van der Waals surface area (Å²) in [6.45, 7) is 0.905. The maximum atomic E-state index is 11.8. The van der Waals surface area contributed by atoms with Crippen LogP contribution in [0.25, 0.3) is 0 Å². The predicted molar refractivity (Wildman–Crippen MR) is 83.1 cm³/mol. The van der Waals surface area contributed by atoms with Gasteiger partial charge in [0.1, 0.15) is 0 Å². The molecular formula is C15H20ClNO2S. The van der Waals surface area contributed by atoms with Gasteiger partial charge >= 0.3 is 0 Å². The standard InChI is InChI=1S/C15H20ClNO2S/c16-13-6-1-2-7-14(13)20-10-15(19)17-8-11-4-3-5-12(11)9-18/h1-2,6-7,11-12,18H,3-5,8-10H2,(H,17,19). The molecule has 0 saturated heterocycles. The van der Waals surface area contributed by atoms with Crippen molar-refractivity contribution >= 4 is 29.3 Å². The third-order valence-corrected chi connectivity index (χ3v) is 5.32. The van der Waals surface area contributed by atoms with Crippen LogP contribution in [0.4, 0.5) is 0 Å². The monoisotopic (exact) mass is 313 g/mol. The lowest BCUT2D eigenvalue weighted by molar-refractivity contribution is -0.118. The molecule has 5 heteroatoms. The lowest BCUT2D eigenvalue weighted by Crippen LogP contribution is -2.32. The molecule has 2 rings (SSSR count). The highest BCUT2D eigenvalue weighted by Gasteiger charge is 2.26. The van der Waals surface area contributed by atoms with Crippen molar-refractivity contribution in [3.05, 3.63) is 29.3 Å². The number of halogens is 1. The second kappa shape index (κ2) is 7.91. The van der Waals surface area contributed by atoms with Crippen LogP contribution in [-0.2, 0) is 4.79 Å². The van der Waals surface area contributed by atoms with E-state index in [9.17, 15) is 9.90 Å². The molecular weight excluding hydrogens is 294 g/mol. The highest BCUT2D eigenvalue weighted by atomic mass is 35.5. The molecule has 1 saturated carbocycles. The fourth-order valence-corrected chi connectivity index (χ4v) is 3.69. The lowest BCUT2D eigenvalue weighted by atomic mass is 9.97. The van der Waals surface area contributed by atoms with Gasteiger partial charge in [0.25, 0.3) is 0 Å². The molecule has 2 N–H and O–H groups in total. The van der Waals surface area contributed by atoms with Crippen molar-refractivity contribution in [1.82, 2.24) is 5.32 Å². The molecule has 0 spiro atoms. The number of nitrogens with one attached hydrogen (secondary N) is 1. The Bertz CT molecular complexity index is 455. The first-order valence-electron chi connectivity index (χ1n) is 6.95. The molecule has 1 aliphatic carbocycles. The number of benzene rings is 1. The van der Waals surface area contributed by atoms with Crippen LogP contribution in [0.3, 0.4) is 0 Å². The maximum absolute atomic E-state index is 11.8. The van der Waals surface area contributed by atoms with E-state index < -0.39 is 0 Å². The highest BCUT2D eigenvalue weighted by molar-refractivity contribution is 8.00. The molecule has 1 aromatic carbocycles. The molecule has 20 heavy (non-hydrogen) atoms. The molecule has 2 unspecified atom stereocenters. The van der Waals surface area contributed by atoms with E-state index in [1.807, 2.05) is 24.3 Å². The smallest absolute Gasteiger partial charge is 0.230 e. The average Bonchev–Trinajstić information content (AvgIpc) is 2.91. The van der Waals surface area contributed by atoms with Crippen LogP contribution < -0.4 is 5.32 Å². The average molecular weight is 314 g/mol. The summed E-state index contributed by atoms with van der Waals surface area (Å²) in [4.78, 5) is 12.8. The van der Waals surface area contributed by atoms with Crippen LogP contribution >= 0.6 is 23.4 Å². The number of hydrogen-bond acceptors (Lipinski definition) is 3. The number of aliphatic hydroxyl groups excluding tert-OH is 1. The summed E-state index contributed by atoms with van der Waals surface area (Å²) in [6, 6.07) is 7.53. The molecule has 1 amide bonds. The van der Waals surface area contributed by atoms with Crippen molar-refractivity contribution in [3.8, 4) is 0 Å². The summed E-state index contributed by atoms with van der Waals surface area (Å²) in [5, 5.41) is 12.9. The molecule has 0 radical (unpaired) electrons. The zero-order valence-corrected chi connectivity index (χ0v) is 12.9. The molecule has 0 aromatic heterocycles. The Morgan fingerprint density at radius 2 is 2.10 bits per heavy atom. The number of carbonyl (C=O) groups excluding carboxylic acids is 1. The van der Waals surface area contributed by atoms with Gasteiger partial charge in [0, 0.05) is 18.0 Å². The van der Waals surface area contributed by atoms with Gasteiger partial charge in [-0.05, 0) is 36.8 Å². The van der Waals surface area contributed by atoms with E-state index in [4.69, 9.17) is 11.6 Å². The van der Waals surface area contributed by atoms with Gasteiger partial charge in [-0.2, -0.15) is 0 Å². The SMILES string of the molecule is O=C(CSc1ccccc1Cl)NCC1CCCC1CO. The summed E-state index contributed by atoms with van der Waals surface area (Å²) < 4.78 is 0. The highest BCUT2D eigenvalue weighted by Crippen LogP contribution is 2.30. The van der Waals surface area contributed by atoms with Gasteiger partial charge in [0.05, 0.1) is 10.8 Å². The van der Waals surface area contributed by atoms with Crippen LogP contribution in [-0.4, -0.2) is 29.9 Å². The first kappa shape index (κ1) is 15.7. The van der Waals surface area contributed by atoms with Crippen molar-refractivity contribution in [2.75, 3.05) is 18.9 Å². The van der Waals surface area contributed by atoms with E-state index in [0.29, 0.717) is 29.2 Å². The summed E-state index contributed by atoms with van der Waals surface area (Å²) >= 11 is 7.50. The Balaban J connectivity index is 1.72. The normalized spacial score (nSPS) is 21.9. The number of rotatable bonds is 6. The van der Waals surface area contributed by atoms with Crippen LogP contribution in [0.15, 0.2) is 29.2 Å². The van der Waals surface area contributed by atoms with E-state index in [-0.39, 0.29) is 12.5 Å². The first-order valence-corrected chi connectivity index (χ1v) is 8.32. The van der Waals surface area contributed by atoms with Crippen molar-refractivity contribution < 1.29 is 9.90 Å². The lowest BCUT2D eigenvalue weighted by Gasteiger charge is -2.17. The van der Waals surface area contributed by atoms with Crippen molar-refractivity contribution in [3.63, 3.8) is 0 Å². The molecule has 2 atom stereocenters. The van der Waals surface area contributed by atoms with E-state index in [2.05, 4.69) is 5.32 Å². The van der Waals surface area contributed by atoms with Crippen molar-refractivity contribution in [2.24, 2.45) is 11.8 Å². The van der Waals surface area contributed by atoms with Crippen molar-refractivity contribution in [1.29, 1.82) is 0 Å². The Morgan fingerprint density at radius 1 is 1.35 bits per heavy atom. The van der Waals surface area contributed by atoms with Gasteiger partial charge in [-0.25, -0.2) is 0 Å². The van der Waals surface area contributed by atoms with E-state index in [1.54, 1.807) is 0 Å². The van der Waals surface area contributed by atoms with Crippen LogP contribution in [0, 0.1) is 11.8 Å². The molecule has 1 fully saturated rings. The Kier molecular flexibility index (Phi) is 6.20.